The highest BCUT2D eigenvalue weighted by atomic mass is 35.5. The molecule has 4 rings (SSSR count). The molecule has 0 fully saturated rings. The van der Waals surface area contributed by atoms with Crippen molar-refractivity contribution in [3.63, 3.8) is 0 Å². The number of hydrogen-bond acceptors (Lipinski definition) is 7. The number of carbonyl (C=O) groups is 1. The van der Waals surface area contributed by atoms with Crippen molar-refractivity contribution in [2.45, 2.75) is 30.9 Å². The molecule has 8 nitrogen and oxygen atoms in total. The molecular formula is C23H21ClN4O4S2. The van der Waals surface area contributed by atoms with E-state index in [0.29, 0.717) is 16.1 Å². The van der Waals surface area contributed by atoms with Crippen LogP contribution in [0.2, 0.25) is 5.02 Å². The molecule has 1 amide bonds. The lowest BCUT2D eigenvalue weighted by atomic mass is 10.0. The molecule has 0 saturated heterocycles. The molecule has 0 aliphatic heterocycles. The summed E-state index contributed by atoms with van der Waals surface area (Å²) in [5.74, 6) is -0.535. The minimum atomic E-state index is -4.06. The highest BCUT2D eigenvalue weighted by Gasteiger charge is 2.24. The van der Waals surface area contributed by atoms with Crippen molar-refractivity contribution < 1.29 is 18.3 Å². The summed E-state index contributed by atoms with van der Waals surface area (Å²) in [6.07, 6.45) is -0.985. The monoisotopic (exact) mass is 516 g/mol. The number of sulfonamides is 1. The molecule has 0 aliphatic carbocycles. The zero-order chi connectivity index (χ0) is 24.5. The van der Waals surface area contributed by atoms with Gasteiger partial charge in [0.05, 0.1) is 35.1 Å². The second-order valence-electron chi connectivity index (χ2n) is 7.80. The molecule has 3 aromatic carbocycles. The van der Waals surface area contributed by atoms with E-state index in [2.05, 4.69) is 18.8 Å². The van der Waals surface area contributed by atoms with Crippen LogP contribution in [-0.4, -0.2) is 34.2 Å². The number of benzene rings is 3. The van der Waals surface area contributed by atoms with Gasteiger partial charge in [-0.1, -0.05) is 35.9 Å². The van der Waals surface area contributed by atoms with Gasteiger partial charge < -0.3 is 10.4 Å². The van der Waals surface area contributed by atoms with Crippen molar-refractivity contribution in [3.8, 4) is 0 Å². The summed E-state index contributed by atoms with van der Waals surface area (Å²) < 4.78 is 37.1. The Hall–Kier alpha value is -3.05. The van der Waals surface area contributed by atoms with Crippen LogP contribution in [0.25, 0.3) is 11.0 Å². The maximum Gasteiger partial charge on any atom is 0.264 e. The van der Waals surface area contributed by atoms with E-state index >= 15 is 0 Å². The topological polar surface area (TPSA) is 121 Å². The summed E-state index contributed by atoms with van der Waals surface area (Å²) in [5, 5.41) is 13.9. The number of nitrogens with zero attached hydrogens (tertiary/aromatic N) is 2. The molecule has 0 radical (unpaired) electrons. The van der Waals surface area contributed by atoms with Crippen LogP contribution in [-0.2, 0) is 10.0 Å². The molecule has 0 bridgehead atoms. The normalized spacial score (nSPS) is 13.4. The van der Waals surface area contributed by atoms with Crippen molar-refractivity contribution in [2.75, 3.05) is 4.72 Å². The number of fused-ring (bicyclic) bond motifs is 1. The van der Waals surface area contributed by atoms with Gasteiger partial charge in [-0.05, 0) is 61.4 Å². The van der Waals surface area contributed by atoms with Gasteiger partial charge >= 0.3 is 0 Å². The first-order chi connectivity index (χ1) is 16.2. The quantitative estimate of drug-likeness (QED) is 0.336. The van der Waals surface area contributed by atoms with Crippen LogP contribution in [0.4, 0.5) is 5.69 Å². The number of halogens is 1. The molecule has 1 aromatic heterocycles. The van der Waals surface area contributed by atoms with Gasteiger partial charge in [0.2, 0.25) is 0 Å². The Morgan fingerprint density at radius 1 is 1.09 bits per heavy atom. The Bertz CT molecular complexity index is 1460. The molecule has 3 N–H and O–H groups in total. The van der Waals surface area contributed by atoms with Crippen LogP contribution in [0.1, 0.15) is 34.5 Å². The van der Waals surface area contributed by atoms with E-state index in [1.54, 1.807) is 62.4 Å². The zero-order valence-electron chi connectivity index (χ0n) is 18.2. The lowest BCUT2D eigenvalue weighted by Gasteiger charge is -2.22. The summed E-state index contributed by atoms with van der Waals surface area (Å²) in [4.78, 5) is 13.0. The average molecular weight is 517 g/mol. The number of amides is 1. The fraction of sp³-hybridized carbons (Fsp3) is 0.174. The molecule has 0 spiro atoms. The van der Waals surface area contributed by atoms with Gasteiger partial charge in [0.1, 0.15) is 15.9 Å². The summed E-state index contributed by atoms with van der Waals surface area (Å²) >= 11 is 6.82. The third-order valence-corrected chi connectivity index (χ3v) is 7.44. The van der Waals surface area contributed by atoms with Crippen LogP contribution in [0.3, 0.4) is 0 Å². The van der Waals surface area contributed by atoms with Crippen LogP contribution >= 0.6 is 23.3 Å². The van der Waals surface area contributed by atoms with Gasteiger partial charge in [-0.25, -0.2) is 8.42 Å². The Morgan fingerprint density at radius 2 is 1.82 bits per heavy atom. The van der Waals surface area contributed by atoms with E-state index in [4.69, 9.17) is 11.6 Å². The van der Waals surface area contributed by atoms with Gasteiger partial charge in [0.25, 0.3) is 15.9 Å². The Labute approximate surface area is 206 Å². The third-order valence-electron chi connectivity index (χ3n) is 5.25. The van der Waals surface area contributed by atoms with Crippen molar-refractivity contribution in [3.05, 3.63) is 82.4 Å². The Balaban J connectivity index is 1.60. The average Bonchev–Trinajstić information content (AvgIpc) is 3.27. The van der Waals surface area contributed by atoms with E-state index in [1.807, 2.05) is 0 Å². The molecule has 176 valence electrons. The van der Waals surface area contributed by atoms with Crippen molar-refractivity contribution in [2.24, 2.45) is 0 Å². The highest BCUT2D eigenvalue weighted by Crippen LogP contribution is 2.27. The molecule has 34 heavy (non-hydrogen) atoms. The van der Waals surface area contributed by atoms with Gasteiger partial charge in [0, 0.05) is 5.02 Å². The van der Waals surface area contributed by atoms with Crippen LogP contribution in [0.5, 0.6) is 0 Å². The van der Waals surface area contributed by atoms with Crippen LogP contribution < -0.4 is 10.0 Å². The summed E-state index contributed by atoms with van der Waals surface area (Å²) in [6.45, 7) is 3.45. The first kappa shape index (κ1) is 24.1. The number of aliphatic hydroxyl groups is 1. The number of aryl methyl sites for hydroxylation is 1. The van der Waals surface area contributed by atoms with Crippen LogP contribution in [0.15, 0.2) is 65.6 Å². The minimum Gasteiger partial charge on any atom is -0.386 e. The Morgan fingerprint density at radius 3 is 2.56 bits per heavy atom. The number of aliphatic hydroxyl groups excluding tert-OH is 1. The Kier molecular flexibility index (Phi) is 6.85. The van der Waals surface area contributed by atoms with E-state index < -0.39 is 28.1 Å². The number of rotatable bonds is 7. The standard InChI is InChI=1S/C23H21ClN4O4S2/c1-13-6-11-17(23(30)25-14(2)22(29)15-7-9-16(24)10-8-15)19(12-13)28-34(31,32)20-5-3-4-18-21(20)27-33-26-18/h3-12,14,22,28-29H,1-2H3,(H,25,30). The molecule has 11 heteroatoms. The smallest absolute Gasteiger partial charge is 0.264 e. The fourth-order valence-corrected chi connectivity index (χ4v) is 5.41. The second-order valence-corrected chi connectivity index (χ2v) is 10.4. The van der Waals surface area contributed by atoms with Gasteiger partial charge in [-0.2, -0.15) is 8.75 Å². The lowest BCUT2D eigenvalue weighted by Crippen LogP contribution is -2.37. The molecule has 2 unspecified atom stereocenters. The maximum absolute atomic E-state index is 13.2. The van der Waals surface area contributed by atoms with Gasteiger partial charge in [0.15, 0.2) is 0 Å². The lowest BCUT2D eigenvalue weighted by molar-refractivity contribution is 0.0853. The predicted molar refractivity (Wildman–Crippen MR) is 133 cm³/mol. The largest absolute Gasteiger partial charge is 0.386 e. The van der Waals surface area contributed by atoms with Crippen LogP contribution in [0, 0.1) is 6.92 Å². The number of hydrogen-bond donors (Lipinski definition) is 3. The van der Waals surface area contributed by atoms with Gasteiger partial charge in [-0.3, -0.25) is 9.52 Å². The van der Waals surface area contributed by atoms with Crippen molar-refractivity contribution in [1.82, 2.24) is 14.1 Å². The predicted octanol–water partition coefficient (Wildman–Crippen LogP) is 4.31. The van der Waals surface area contributed by atoms with E-state index in [9.17, 15) is 18.3 Å². The highest BCUT2D eigenvalue weighted by molar-refractivity contribution is 7.93. The summed E-state index contributed by atoms with van der Waals surface area (Å²) in [6, 6.07) is 15.5. The van der Waals surface area contributed by atoms with Gasteiger partial charge in [-0.15, -0.1) is 0 Å². The van der Waals surface area contributed by atoms with Crippen molar-refractivity contribution >= 4 is 56.0 Å². The number of aromatic nitrogens is 2. The van der Waals surface area contributed by atoms with Crippen molar-refractivity contribution in [1.29, 1.82) is 0 Å². The molecule has 1 heterocycles. The van der Waals surface area contributed by atoms with E-state index in [1.165, 1.54) is 12.1 Å². The first-order valence-electron chi connectivity index (χ1n) is 10.2. The van der Waals surface area contributed by atoms with E-state index in [-0.39, 0.29) is 21.7 Å². The number of carbonyl (C=O) groups excluding carboxylic acids is 1. The SMILES string of the molecule is Cc1ccc(C(=O)NC(C)C(O)c2ccc(Cl)cc2)c(NS(=O)(=O)c2cccc3nsnc23)c1. The third kappa shape index (κ3) is 5.05. The molecule has 0 saturated carbocycles. The first-order valence-corrected chi connectivity index (χ1v) is 12.8. The molecule has 4 aromatic rings. The molecule has 0 aliphatic rings. The molecule has 2 atom stereocenters. The van der Waals surface area contributed by atoms with E-state index in [0.717, 1.165) is 17.3 Å². The molecular weight excluding hydrogens is 496 g/mol. The maximum atomic E-state index is 13.2. The number of nitrogens with one attached hydrogen (secondary N) is 2. The summed E-state index contributed by atoms with van der Waals surface area (Å²) in [7, 11) is -4.06. The summed E-state index contributed by atoms with van der Waals surface area (Å²) in [5.41, 5.74) is 2.32. The zero-order valence-corrected chi connectivity index (χ0v) is 20.6. The fourth-order valence-electron chi connectivity index (χ4n) is 3.45. The second kappa shape index (κ2) is 9.67. The minimum absolute atomic E-state index is 0.0295. The number of anilines is 1.